The maximum Gasteiger partial charge on any atom is 0.0370 e. The molecule has 2 rings (SSSR count). The van der Waals surface area contributed by atoms with Crippen LogP contribution in [0.5, 0.6) is 0 Å². The Bertz CT molecular complexity index is 588. The van der Waals surface area contributed by atoms with E-state index in [4.69, 9.17) is 0 Å². The normalized spacial score (nSPS) is 12.4. The predicted octanol–water partition coefficient (Wildman–Crippen LogP) is 5.33. The Morgan fingerprint density at radius 3 is 2.25 bits per heavy atom. The molecular formula is C17H19Br2N. The van der Waals surface area contributed by atoms with Gasteiger partial charge in [0.1, 0.15) is 0 Å². The highest BCUT2D eigenvalue weighted by Crippen LogP contribution is 2.29. The highest BCUT2D eigenvalue weighted by molar-refractivity contribution is 9.11. The summed E-state index contributed by atoms with van der Waals surface area (Å²) in [5.74, 6) is 0. The quantitative estimate of drug-likeness (QED) is 0.736. The molecule has 0 aliphatic heterocycles. The van der Waals surface area contributed by atoms with E-state index < -0.39 is 0 Å². The molecule has 0 saturated carbocycles. The van der Waals surface area contributed by atoms with Gasteiger partial charge in [0.15, 0.2) is 0 Å². The van der Waals surface area contributed by atoms with Crippen molar-refractivity contribution in [1.29, 1.82) is 0 Å². The lowest BCUT2D eigenvalue weighted by molar-refractivity contribution is 0.589. The molecule has 1 atom stereocenters. The number of aryl methyl sites for hydroxylation is 2. The van der Waals surface area contributed by atoms with Gasteiger partial charge in [0.2, 0.25) is 0 Å². The van der Waals surface area contributed by atoms with E-state index in [1.807, 2.05) is 7.05 Å². The van der Waals surface area contributed by atoms with Crippen molar-refractivity contribution < 1.29 is 0 Å². The van der Waals surface area contributed by atoms with Crippen LogP contribution in [-0.4, -0.2) is 7.05 Å². The predicted molar refractivity (Wildman–Crippen MR) is 93.3 cm³/mol. The van der Waals surface area contributed by atoms with Crippen LogP contribution in [0.1, 0.15) is 28.3 Å². The van der Waals surface area contributed by atoms with Crippen molar-refractivity contribution in [2.75, 3.05) is 7.05 Å². The van der Waals surface area contributed by atoms with Crippen molar-refractivity contribution in [2.24, 2.45) is 0 Å². The summed E-state index contributed by atoms with van der Waals surface area (Å²) < 4.78 is 2.25. The lowest BCUT2D eigenvalue weighted by atomic mass is 9.96. The van der Waals surface area contributed by atoms with Gasteiger partial charge in [0, 0.05) is 15.0 Å². The van der Waals surface area contributed by atoms with E-state index in [9.17, 15) is 0 Å². The fraction of sp³-hybridized carbons (Fsp3) is 0.294. The van der Waals surface area contributed by atoms with Crippen LogP contribution in [0.2, 0.25) is 0 Å². The minimum absolute atomic E-state index is 0.295. The van der Waals surface area contributed by atoms with Gasteiger partial charge in [-0.25, -0.2) is 0 Å². The topological polar surface area (TPSA) is 12.0 Å². The minimum Gasteiger partial charge on any atom is -0.313 e. The van der Waals surface area contributed by atoms with Crippen molar-refractivity contribution in [1.82, 2.24) is 5.32 Å². The van der Waals surface area contributed by atoms with Gasteiger partial charge in [-0.2, -0.15) is 0 Å². The monoisotopic (exact) mass is 395 g/mol. The fourth-order valence-corrected chi connectivity index (χ4v) is 3.47. The van der Waals surface area contributed by atoms with Gasteiger partial charge in [0.25, 0.3) is 0 Å². The average Bonchev–Trinajstić information content (AvgIpc) is 2.38. The zero-order valence-electron chi connectivity index (χ0n) is 12.0. The molecular weight excluding hydrogens is 378 g/mol. The molecule has 0 spiro atoms. The van der Waals surface area contributed by atoms with Gasteiger partial charge in [-0.3, -0.25) is 0 Å². The third-order valence-corrected chi connectivity index (χ3v) is 4.62. The number of hydrogen-bond acceptors (Lipinski definition) is 1. The molecule has 0 amide bonds. The summed E-state index contributed by atoms with van der Waals surface area (Å²) in [7, 11) is 2.01. The highest BCUT2D eigenvalue weighted by atomic mass is 79.9. The second-order valence-electron chi connectivity index (χ2n) is 5.21. The Labute approximate surface area is 138 Å². The Hall–Kier alpha value is -0.640. The van der Waals surface area contributed by atoms with Crippen molar-refractivity contribution in [3.63, 3.8) is 0 Å². The summed E-state index contributed by atoms with van der Waals surface area (Å²) in [5, 5.41) is 3.42. The lowest BCUT2D eigenvalue weighted by Gasteiger charge is -2.19. The van der Waals surface area contributed by atoms with E-state index in [-0.39, 0.29) is 0 Å². The molecule has 0 aliphatic carbocycles. The van der Waals surface area contributed by atoms with E-state index in [0.717, 1.165) is 15.4 Å². The molecule has 2 aromatic rings. The Morgan fingerprint density at radius 1 is 1.00 bits per heavy atom. The molecule has 106 valence electrons. The number of halogens is 2. The first-order valence-corrected chi connectivity index (χ1v) is 8.27. The van der Waals surface area contributed by atoms with Crippen molar-refractivity contribution in [2.45, 2.75) is 26.3 Å². The second kappa shape index (κ2) is 6.88. The van der Waals surface area contributed by atoms with Gasteiger partial charge < -0.3 is 5.32 Å². The third-order valence-electron chi connectivity index (χ3n) is 3.40. The van der Waals surface area contributed by atoms with E-state index >= 15 is 0 Å². The molecule has 0 heterocycles. The van der Waals surface area contributed by atoms with Gasteiger partial charge in [-0.15, -0.1) is 0 Å². The number of benzene rings is 2. The number of nitrogens with one attached hydrogen (secondary N) is 1. The lowest BCUT2D eigenvalue weighted by Crippen LogP contribution is -2.19. The fourth-order valence-electron chi connectivity index (χ4n) is 2.57. The molecule has 20 heavy (non-hydrogen) atoms. The highest BCUT2D eigenvalue weighted by Gasteiger charge is 2.14. The Balaban J connectivity index is 2.31. The van der Waals surface area contributed by atoms with Crippen molar-refractivity contribution in [3.05, 3.63) is 67.6 Å². The van der Waals surface area contributed by atoms with Crippen LogP contribution in [0.4, 0.5) is 0 Å². The van der Waals surface area contributed by atoms with Gasteiger partial charge in [-0.1, -0.05) is 61.2 Å². The first-order chi connectivity index (χ1) is 9.49. The molecule has 0 fully saturated rings. The summed E-state index contributed by atoms with van der Waals surface area (Å²) in [6.07, 6.45) is 0.980. The van der Waals surface area contributed by atoms with E-state index in [0.29, 0.717) is 6.04 Å². The van der Waals surface area contributed by atoms with Crippen LogP contribution >= 0.6 is 31.9 Å². The van der Waals surface area contributed by atoms with Gasteiger partial charge in [0.05, 0.1) is 0 Å². The summed E-state index contributed by atoms with van der Waals surface area (Å²) in [6.45, 7) is 4.31. The molecule has 1 unspecified atom stereocenters. The smallest absolute Gasteiger partial charge is 0.0370 e. The largest absolute Gasteiger partial charge is 0.313 e. The summed E-state index contributed by atoms with van der Waals surface area (Å²) in [6, 6.07) is 13.4. The Kier molecular flexibility index (Phi) is 5.42. The van der Waals surface area contributed by atoms with Crippen molar-refractivity contribution >= 4 is 31.9 Å². The van der Waals surface area contributed by atoms with Crippen LogP contribution < -0.4 is 5.32 Å². The van der Waals surface area contributed by atoms with Crippen LogP contribution in [0.3, 0.4) is 0 Å². The summed E-state index contributed by atoms with van der Waals surface area (Å²) >= 11 is 7.21. The summed E-state index contributed by atoms with van der Waals surface area (Å²) in [4.78, 5) is 0. The van der Waals surface area contributed by atoms with Gasteiger partial charge >= 0.3 is 0 Å². The molecule has 0 aromatic heterocycles. The minimum atomic E-state index is 0.295. The maximum atomic E-state index is 3.65. The molecule has 1 nitrogen and oxygen atoms in total. The standard InChI is InChI=1S/C17H19Br2N/c1-11-6-12(2)8-13(7-11)9-17(20-3)15-10-14(18)4-5-16(15)19/h4-8,10,17,20H,9H2,1-3H3. The molecule has 3 heteroatoms. The molecule has 2 aromatic carbocycles. The van der Waals surface area contributed by atoms with Crippen molar-refractivity contribution in [3.8, 4) is 0 Å². The van der Waals surface area contributed by atoms with Crippen LogP contribution in [0, 0.1) is 13.8 Å². The molecule has 0 saturated heterocycles. The average molecular weight is 397 g/mol. The van der Waals surface area contributed by atoms with Gasteiger partial charge in [-0.05, 0) is 56.6 Å². The molecule has 0 radical (unpaired) electrons. The zero-order valence-corrected chi connectivity index (χ0v) is 15.2. The summed E-state index contributed by atoms with van der Waals surface area (Å²) in [5.41, 5.74) is 5.29. The maximum absolute atomic E-state index is 3.65. The Morgan fingerprint density at radius 2 is 1.65 bits per heavy atom. The van der Waals surface area contributed by atoms with Crippen LogP contribution in [0.25, 0.3) is 0 Å². The molecule has 1 N–H and O–H groups in total. The first kappa shape index (κ1) is 15.7. The molecule has 0 bridgehead atoms. The van der Waals surface area contributed by atoms with E-state index in [1.165, 1.54) is 22.3 Å². The second-order valence-corrected chi connectivity index (χ2v) is 6.98. The van der Waals surface area contributed by atoms with E-state index in [2.05, 4.69) is 87.4 Å². The number of likely N-dealkylation sites (N-methyl/N-ethyl adjacent to an activating group) is 1. The van der Waals surface area contributed by atoms with Crippen LogP contribution in [-0.2, 0) is 6.42 Å². The SMILES string of the molecule is CNC(Cc1cc(C)cc(C)c1)c1cc(Br)ccc1Br. The first-order valence-electron chi connectivity index (χ1n) is 6.69. The third kappa shape index (κ3) is 3.94. The zero-order chi connectivity index (χ0) is 14.7. The number of hydrogen-bond donors (Lipinski definition) is 1. The van der Waals surface area contributed by atoms with Crippen LogP contribution in [0.15, 0.2) is 45.3 Å². The molecule has 0 aliphatic rings. The van der Waals surface area contributed by atoms with E-state index in [1.54, 1.807) is 0 Å². The number of rotatable bonds is 4.